The van der Waals surface area contributed by atoms with E-state index in [0.717, 1.165) is 12.8 Å². The summed E-state index contributed by atoms with van der Waals surface area (Å²) in [6.07, 6.45) is 8.33. The first kappa shape index (κ1) is 24.9. The van der Waals surface area contributed by atoms with E-state index < -0.39 is 8.80 Å². The second-order valence-corrected chi connectivity index (χ2v) is 11.4. The van der Waals surface area contributed by atoms with Crippen molar-refractivity contribution in [1.82, 2.24) is 0 Å². The number of rotatable bonds is 15. The second-order valence-electron chi connectivity index (χ2n) is 7.36. The van der Waals surface area contributed by atoms with E-state index in [4.69, 9.17) is 13.3 Å². The molecule has 0 bridgehead atoms. The molecule has 0 amide bonds. The van der Waals surface area contributed by atoms with Crippen LogP contribution in [-0.4, -0.2) is 32.0 Å². The van der Waals surface area contributed by atoms with E-state index in [1.165, 1.54) is 43.9 Å². The van der Waals surface area contributed by atoms with Crippen LogP contribution in [0.1, 0.15) is 93.4 Å². The van der Waals surface area contributed by atoms with E-state index in [1.807, 2.05) is 41.5 Å². The van der Waals surface area contributed by atoms with Gasteiger partial charge in [0.15, 0.2) is 0 Å². The zero-order valence-corrected chi connectivity index (χ0v) is 19.2. The molecule has 148 valence electrons. The van der Waals surface area contributed by atoms with Gasteiger partial charge in [-0.15, -0.1) is 0 Å². The molecule has 4 nitrogen and oxygen atoms in total. The van der Waals surface area contributed by atoms with Crippen LogP contribution >= 0.6 is 11.8 Å². The number of thiocyanates is 1. The topological polar surface area (TPSA) is 51.5 Å². The maximum atomic E-state index is 9.34. The SMILES string of the molecule is CCCCCCCCC(SC#N)[Si](OC(C)C)(OC(C)C)OC(C)C. The molecule has 6 heteroatoms. The highest BCUT2D eigenvalue weighted by atomic mass is 32.2. The number of unbranched alkanes of at least 4 members (excludes halogenated alkanes) is 5. The molecule has 0 saturated heterocycles. The smallest absolute Gasteiger partial charge is 0.370 e. The summed E-state index contributed by atoms with van der Waals surface area (Å²) in [5.74, 6) is 0. The predicted octanol–water partition coefficient (Wildman–Crippen LogP) is 6.07. The Hall–Kier alpha value is -0.0631. The highest BCUT2D eigenvalue weighted by Gasteiger charge is 2.52. The molecule has 0 saturated carbocycles. The fraction of sp³-hybridized carbons (Fsp3) is 0.947. The molecule has 0 aromatic carbocycles. The van der Waals surface area contributed by atoms with Gasteiger partial charge in [-0.1, -0.05) is 45.4 Å². The molecular formula is C19H39NO3SSi. The zero-order chi connectivity index (χ0) is 19.3. The van der Waals surface area contributed by atoms with Crippen LogP contribution in [-0.2, 0) is 13.3 Å². The van der Waals surface area contributed by atoms with E-state index in [1.54, 1.807) is 0 Å². The quantitative estimate of drug-likeness (QED) is 0.193. The Morgan fingerprint density at radius 3 is 1.64 bits per heavy atom. The second kappa shape index (κ2) is 14.1. The first-order valence-corrected chi connectivity index (χ1v) is 12.5. The minimum absolute atomic E-state index is 0.00973. The van der Waals surface area contributed by atoms with Crippen molar-refractivity contribution in [3.63, 3.8) is 0 Å². The van der Waals surface area contributed by atoms with Gasteiger partial charge in [0.1, 0.15) is 5.40 Å². The van der Waals surface area contributed by atoms with Gasteiger partial charge >= 0.3 is 8.80 Å². The van der Waals surface area contributed by atoms with Crippen molar-refractivity contribution < 1.29 is 13.3 Å². The molecule has 0 aromatic heterocycles. The van der Waals surface area contributed by atoms with Crippen molar-refractivity contribution in [3.8, 4) is 5.40 Å². The van der Waals surface area contributed by atoms with E-state index in [-0.39, 0.29) is 23.2 Å². The van der Waals surface area contributed by atoms with Crippen molar-refractivity contribution >= 4 is 20.6 Å². The van der Waals surface area contributed by atoms with E-state index in [9.17, 15) is 5.26 Å². The predicted molar refractivity (Wildman–Crippen MR) is 109 cm³/mol. The van der Waals surface area contributed by atoms with Gasteiger partial charge in [-0.2, -0.15) is 5.26 Å². The van der Waals surface area contributed by atoms with E-state index in [0.29, 0.717) is 0 Å². The van der Waals surface area contributed by atoms with Crippen LogP contribution in [0.5, 0.6) is 0 Å². The maximum Gasteiger partial charge on any atom is 0.516 e. The summed E-state index contributed by atoms with van der Waals surface area (Å²) in [4.78, 5) is -0.0316. The molecule has 0 heterocycles. The standard InChI is InChI=1S/C19H39NO3SSi/c1-8-9-10-11-12-13-14-19(24-15-20)25(21-16(2)3,22-17(4)5)23-18(6)7/h16-19H,8-14H2,1-7H3. The minimum atomic E-state index is -2.97. The molecule has 0 spiro atoms. The molecular weight excluding hydrogens is 350 g/mol. The number of hydrogen-bond donors (Lipinski definition) is 0. The Morgan fingerprint density at radius 1 is 0.800 bits per heavy atom. The van der Waals surface area contributed by atoms with Gasteiger partial charge in [-0.25, -0.2) is 0 Å². The molecule has 1 atom stereocenters. The molecule has 0 aliphatic carbocycles. The van der Waals surface area contributed by atoms with Crippen molar-refractivity contribution in [1.29, 1.82) is 5.26 Å². The normalized spacial score (nSPS) is 13.6. The van der Waals surface area contributed by atoms with Gasteiger partial charge in [0.25, 0.3) is 0 Å². The fourth-order valence-corrected chi connectivity index (χ4v) is 7.58. The summed E-state index contributed by atoms with van der Waals surface area (Å²) >= 11 is 1.27. The van der Waals surface area contributed by atoms with Gasteiger partial charge in [-0.3, -0.25) is 0 Å². The lowest BCUT2D eigenvalue weighted by Crippen LogP contribution is -2.58. The summed E-state index contributed by atoms with van der Waals surface area (Å²) in [7, 11) is -2.97. The van der Waals surface area contributed by atoms with E-state index in [2.05, 4.69) is 12.3 Å². The Balaban J connectivity index is 5.13. The average Bonchev–Trinajstić information content (AvgIpc) is 2.47. The van der Waals surface area contributed by atoms with Crippen molar-refractivity contribution in [2.75, 3.05) is 0 Å². The molecule has 0 radical (unpaired) electrons. The molecule has 0 N–H and O–H groups in total. The van der Waals surface area contributed by atoms with Crippen LogP contribution in [0.2, 0.25) is 0 Å². The molecule has 1 unspecified atom stereocenters. The zero-order valence-electron chi connectivity index (χ0n) is 17.3. The lowest BCUT2D eigenvalue weighted by atomic mass is 10.1. The highest BCUT2D eigenvalue weighted by Crippen LogP contribution is 2.32. The lowest BCUT2D eigenvalue weighted by Gasteiger charge is -2.38. The van der Waals surface area contributed by atoms with Crippen molar-refractivity contribution in [2.24, 2.45) is 0 Å². The fourth-order valence-electron chi connectivity index (χ4n) is 2.78. The molecule has 0 aliphatic heterocycles. The van der Waals surface area contributed by atoms with Crippen LogP contribution in [0, 0.1) is 10.7 Å². The summed E-state index contributed by atoms with van der Waals surface area (Å²) in [5, 5.41) is 11.6. The van der Waals surface area contributed by atoms with Gasteiger partial charge in [0, 0.05) is 18.3 Å². The maximum absolute atomic E-state index is 9.34. The number of hydrogen-bond acceptors (Lipinski definition) is 5. The Bertz CT molecular complexity index is 346. The molecule has 0 fully saturated rings. The molecule has 25 heavy (non-hydrogen) atoms. The number of thioether (sulfide) groups is 1. The van der Waals surface area contributed by atoms with Gasteiger partial charge in [0.05, 0.1) is 4.87 Å². The van der Waals surface area contributed by atoms with Crippen LogP contribution < -0.4 is 0 Å². The summed E-state index contributed by atoms with van der Waals surface area (Å²) < 4.78 is 18.9. The Morgan fingerprint density at radius 2 is 1.24 bits per heavy atom. The van der Waals surface area contributed by atoms with Crippen molar-refractivity contribution in [3.05, 3.63) is 0 Å². The lowest BCUT2D eigenvalue weighted by molar-refractivity contribution is 0.00122. The molecule has 0 aliphatic rings. The third-order valence-electron chi connectivity index (χ3n) is 3.61. The largest absolute Gasteiger partial charge is 0.516 e. The number of nitriles is 1. The third-order valence-corrected chi connectivity index (χ3v) is 8.93. The molecule has 0 rings (SSSR count). The van der Waals surface area contributed by atoms with Gasteiger partial charge < -0.3 is 13.3 Å². The monoisotopic (exact) mass is 389 g/mol. The van der Waals surface area contributed by atoms with Crippen molar-refractivity contribution in [2.45, 2.75) is 117 Å². The van der Waals surface area contributed by atoms with E-state index >= 15 is 0 Å². The van der Waals surface area contributed by atoms with Crippen LogP contribution in [0.3, 0.4) is 0 Å². The third kappa shape index (κ3) is 11.3. The minimum Gasteiger partial charge on any atom is -0.370 e. The number of nitrogens with zero attached hydrogens (tertiary/aromatic N) is 1. The summed E-state index contributed by atoms with van der Waals surface area (Å²) in [5.41, 5.74) is 0. The Kier molecular flexibility index (Phi) is 14.0. The Labute approximate surface area is 161 Å². The first-order valence-electron chi connectivity index (χ1n) is 9.85. The van der Waals surface area contributed by atoms with Crippen LogP contribution in [0.15, 0.2) is 0 Å². The van der Waals surface area contributed by atoms with Gasteiger partial charge in [-0.05, 0) is 59.7 Å². The molecule has 0 aromatic rings. The summed E-state index contributed by atoms with van der Waals surface area (Å²) in [6.45, 7) is 14.3. The average molecular weight is 390 g/mol. The van der Waals surface area contributed by atoms with Gasteiger partial charge in [0.2, 0.25) is 0 Å². The summed E-state index contributed by atoms with van der Waals surface area (Å²) in [6, 6.07) is 0. The highest BCUT2D eigenvalue weighted by molar-refractivity contribution is 8.05. The van der Waals surface area contributed by atoms with Crippen LogP contribution in [0.25, 0.3) is 0 Å². The first-order chi connectivity index (χ1) is 11.8. The van der Waals surface area contributed by atoms with Crippen LogP contribution in [0.4, 0.5) is 0 Å².